The van der Waals surface area contributed by atoms with Crippen molar-refractivity contribution in [2.45, 2.75) is 13.8 Å². The van der Waals surface area contributed by atoms with Gasteiger partial charge in [-0.25, -0.2) is 0 Å². The maximum Gasteiger partial charge on any atom is 0.162 e. The molecule has 0 amide bonds. The summed E-state index contributed by atoms with van der Waals surface area (Å²) in [5.74, 6) is 0.822. The highest BCUT2D eigenvalue weighted by Gasteiger charge is 1.95. The molecule has 0 bridgehead atoms. The third-order valence-electron chi connectivity index (χ3n) is 1.34. The Bertz CT molecular complexity index is 271. The lowest BCUT2D eigenvalue weighted by atomic mass is 10.3. The van der Waals surface area contributed by atoms with Crippen LogP contribution in [0, 0.1) is 6.92 Å². The fraction of sp³-hybridized carbons (Fsp3) is 0.222. The zero-order valence-electron chi connectivity index (χ0n) is 6.74. The minimum absolute atomic E-state index is 0.822. The predicted molar refractivity (Wildman–Crippen MR) is 45.1 cm³/mol. The molecule has 0 unspecified atom stereocenters. The van der Waals surface area contributed by atoms with Crippen LogP contribution in [-0.4, -0.2) is 5.16 Å². The van der Waals surface area contributed by atoms with Crippen LogP contribution in [0.5, 0.6) is 0 Å². The van der Waals surface area contributed by atoms with E-state index in [2.05, 4.69) is 5.16 Å². The van der Waals surface area contributed by atoms with E-state index in [9.17, 15) is 0 Å². The molecule has 0 N–H and O–H groups in total. The van der Waals surface area contributed by atoms with Gasteiger partial charge in [-0.3, -0.25) is 0 Å². The van der Waals surface area contributed by atoms with Gasteiger partial charge in [0.25, 0.3) is 0 Å². The molecule has 0 aliphatic rings. The maximum atomic E-state index is 4.94. The van der Waals surface area contributed by atoms with Crippen LogP contribution in [-0.2, 0) is 0 Å². The zero-order valence-corrected chi connectivity index (χ0v) is 6.74. The predicted octanol–water partition coefficient (Wildman–Crippen LogP) is 2.57. The van der Waals surface area contributed by atoms with E-state index >= 15 is 0 Å². The summed E-state index contributed by atoms with van der Waals surface area (Å²) < 4.78 is 4.94. The van der Waals surface area contributed by atoms with Crippen molar-refractivity contribution in [3.8, 4) is 0 Å². The Balaban J connectivity index is 2.71. The molecule has 0 aliphatic heterocycles. The van der Waals surface area contributed by atoms with Gasteiger partial charge < -0.3 is 4.52 Å². The Labute approximate surface area is 66.2 Å². The smallest absolute Gasteiger partial charge is 0.162 e. The highest BCUT2D eigenvalue weighted by molar-refractivity contribution is 5.47. The highest BCUT2D eigenvalue weighted by Crippen LogP contribution is 2.07. The van der Waals surface area contributed by atoms with E-state index in [4.69, 9.17) is 4.52 Å². The first-order valence-electron chi connectivity index (χ1n) is 3.55. The highest BCUT2D eigenvalue weighted by atomic mass is 16.5. The molecule has 0 spiro atoms. The summed E-state index contributed by atoms with van der Waals surface area (Å²) in [7, 11) is 0. The molecule has 0 saturated heterocycles. The third-order valence-corrected chi connectivity index (χ3v) is 1.34. The molecule has 0 radical (unpaired) electrons. The number of hydrogen-bond acceptors (Lipinski definition) is 2. The van der Waals surface area contributed by atoms with Gasteiger partial charge in [0.15, 0.2) is 5.76 Å². The van der Waals surface area contributed by atoms with Gasteiger partial charge >= 0.3 is 0 Å². The van der Waals surface area contributed by atoms with Crippen LogP contribution in [0.2, 0.25) is 0 Å². The van der Waals surface area contributed by atoms with Gasteiger partial charge in [0.05, 0.1) is 6.20 Å². The SMILES string of the molecule is C/C=C\C=C/c1oncc1C. The number of aryl methyl sites for hydroxylation is 1. The summed E-state index contributed by atoms with van der Waals surface area (Å²) >= 11 is 0. The monoisotopic (exact) mass is 149 g/mol. The standard InChI is InChI=1S/C9H11NO/c1-3-4-5-6-9-8(2)7-10-11-9/h3-7H,1-2H3/b4-3-,6-5-. The number of nitrogens with zero attached hydrogens (tertiary/aromatic N) is 1. The van der Waals surface area contributed by atoms with Crippen molar-refractivity contribution < 1.29 is 4.52 Å². The van der Waals surface area contributed by atoms with Crippen LogP contribution in [0.15, 0.2) is 28.9 Å². The fourth-order valence-corrected chi connectivity index (χ4v) is 0.714. The van der Waals surface area contributed by atoms with Crippen molar-refractivity contribution in [3.63, 3.8) is 0 Å². The maximum absolute atomic E-state index is 4.94. The van der Waals surface area contributed by atoms with Gasteiger partial charge in [-0.2, -0.15) is 0 Å². The first-order valence-corrected chi connectivity index (χ1v) is 3.55. The van der Waals surface area contributed by atoms with E-state index in [1.807, 2.05) is 38.2 Å². The summed E-state index contributed by atoms with van der Waals surface area (Å²) in [5.41, 5.74) is 1.06. The van der Waals surface area contributed by atoms with Crippen molar-refractivity contribution in [1.29, 1.82) is 0 Å². The first kappa shape index (κ1) is 7.79. The second-order valence-corrected chi connectivity index (χ2v) is 2.26. The van der Waals surface area contributed by atoms with E-state index in [0.29, 0.717) is 0 Å². The van der Waals surface area contributed by atoms with Crippen LogP contribution in [0.25, 0.3) is 6.08 Å². The van der Waals surface area contributed by atoms with Gasteiger partial charge in [0.2, 0.25) is 0 Å². The number of aromatic nitrogens is 1. The largest absolute Gasteiger partial charge is 0.357 e. The Morgan fingerprint density at radius 2 is 2.27 bits per heavy atom. The van der Waals surface area contributed by atoms with E-state index in [-0.39, 0.29) is 0 Å². The van der Waals surface area contributed by atoms with Crippen molar-refractivity contribution in [1.82, 2.24) is 5.16 Å². The Kier molecular flexibility index (Phi) is 2.66. The van der Waals surface area contributed by atoms with Crippen LogP contribution in [0.3, 0.4) is 0 Å². The molecule has 2 heteroatoms. The second kappa shape index (κ2) is 3.76. The number of allylic oxidation sites excluding steroid dienone is 3. The van der Waals surface area contributed by atoms with E-state index in [1.54, 1.807) is 6.20 Å². The van der Waals surface area contributed by atoms with Crippen molar-refractivity contribution >= 4 is 6.08 Å². The van der Waals surface area contributed by atoms with Crippen LogP contribution >= 0.6 is 0 Å². The number of rotatable bonds is 2. The summed E-state index contributed by atoms with van der Waals surface area (Å²) in [6, 6.07) is 0. The lowest BCUT2D eigenvalue weighted by molar-refractivity contribution is 0.412. The summed E-state index contributed by atoms with van der Waals surface area (Å²) in [5, 5.41) is 3.65. The van der Waals surface area contributed by atoms with Crippen molar-refractivity contribution in [2.75, 3.05) is 0 Å². The van der Waals surface area contributed by atoms with E-state index in [0.717, 1.165) is 11.3 Å². The normalized spacial score (nSPS) is 11.8. The lowest BCUT2D eigenvalue weighted by Crippen LogP contribution is -1.67. The molecule has 0 saturated carbocycles. The first-order chi connectivity index (χ1) is 5.34. The van der Waals surface area contributed by atoms with Gasteiger partial charge in [0, 0.05) is 5.56 Å². The average molecular weight is 149 g/mol. The Morgan fingerprint density at radius 1 is 1.45 bits per heavy atom. The third kappa shape index (κ3) is 2.08. The summed E-state index contributed by atoms with van der Waals surface area (Å²) in [6.45, 7) is 3.93. The Morgan fingerprint density at radius 3 is 2.82 bits per heavy atom. The molecule has 58 valence electrons. The van der Waals surface area contributed by atoms with Crippen LogP contribution in [0.1, 0.15) is 18.2 Å². The molecule has 1 rings (SSSR count). The average Bonchev–Trinajstić information content (AvgIpc) is 2.37. The van der Waals surface area contributed by atoms with Crippen LogP contribution < -0.4 is 0 Å². The molecule has 11 heavy (non-hydrogen) atoms. The number of hydrogen-bond donors (Lipinski definition) is 0. The zero-order chi connectivity index (χ0) is 8.10. The van der Waals surface area contributed by atoms with Crippen molar-refractivity contribution in [2.24, 2.45) is 0 Å². The molecular formula is C9H11NO. The lowest BCUT2D eigenvalue weighted by Gasteiger charge is -1.82. The van der Waals surface area contributed by atoms with E-state index in [1.165, 1.54) is 0 Å². The van der Waals surface area contributed by atoms with Gasteiger partial charge in [-0.1, -0.05) is 23.4 Å². The van der Waals surface area contributed by atoms with Crippen LogP contribution in [0.4, 0.5) is 0 Å². The summed E-state index contributed by atoms with van der Waals surface area (Å²) in [6.07, 6.45) is 9.43. The molecule has 0 fully saturated rings. The molecule has 0 aromatic carbocycles. The van der Waals surface area contributed by atoms with Gasteiger partial charge in [-0.05, 0) is 19.9 Å². The van der Waals surface area contributed by atoms with E-state index < -0.39 is 0 Å². The van der Waals surface area contributed by atoms with Gasteiger partial charge in [-0.15, -0.1) is 0 Å². The second-order valence-electron chi connectivity index (χ2n) is 2.26. The van der Waals surface area contributed by atoms with Gasteiger partial charge in [0.1, 0.15) is 0 Å². The molecular weight excluding hydrogens is 138 g/mol. The molecule has 1 heterocycles. The molecule has 1 aromatic rings. The minimum Gasteiger partial charge on any atom is -0.357 e. The minimum atomic E-state index is 0.822. The van der Waals surface area contributed by atoms with Crippen molar-refractivity contribution in [3.05, 3.63) is 35.7 Å². The fourth-order valence-electron chi connectivity index (χ4n) is 0.714. The molecule has 0 atom stereocenters. The molecule has 2 nitrogen and oxygen atoms in total. The molecule has 0 aliphatic carbocycles. The molecule has 1 aromatic heterocycles. The topological polar surface area (TPSA) is 26.0 Å². The Hall–Kier alpha value is -1.31. The summed E-state index contributed by atoms with van der Waals surface area (Å²) in [4.78, 5) is 0. The quantitative estimate of drug-likeness (QED) is 0.604.